The van der Waals surface area contributed by atoms with Crippen LogP contribution in [0.5, 0.6) is 0 Å². The Hall–Kier alpha value is -1.93. The van der Waals surface area contributed by atoms with E-state index >= 15 is 0 Å². The van der Waals surface area contributed by atoms with Gasteiger partial charge in [-0.3, -0.25) is 4.79 Å². The summed E-state index contributed by atoms with van der Waals surface area (Å²) in [6.07, 6.45) is 0. The number of hydrogen-bond donors (Lipinski definition) is 3. The van der Waals surface area contributed by atoms with Crippen LogP contribution >= 0.6 is 12.4 Å². The van der Waals surface area contributed by atoms with Crippen LogP contribution in [0.25, 0.3) is 0 Å². The lowest BCUT2D eigenvalue weighted by Crippen LogP contribution is -2.48. The van der Waals surface area contributed by atoms with Crippen LogP contribution in [0.2, 0.25) is 0 Å². The molecule has 6 nitrogen and oxygen atoms in total. The predicted molar refractivity (Wildman–Crippen MR) is 103 cm³/mol. The van der Waals surface area contributed by atoms with E-state index in [2.05, 4.69) is 15.4 Å². The lowest BCUT2D eigenvalue weighted by atomic mass is 10.0. The van der Waals surface area contributed by atoms with E-state index < -0.39 is 10.0 Å². The third-order valence-corrected chi connectivity index (χ3v) is 5.53. The number of carbonyl (C=O) groups excluding carboxylic acids is 1. The first-order chi connectivity index (χ1) is 12.0. The fraction of sp³-hybridized carbons (Fsp3) is 0.278. The molecule has 1 aliphatic heterocycles. The van der Waals surface area contributed by atoms with Crippen molar-refractivity contribution < 1.29 is 13.2 Å². The van der Waals surface area contributed by atoms with Crippen LogP contribution in [-0.2, 0) is 16.6 Å². The van der Waals surface area contributed by atoms with Gasteiger partial charge >= 0.3 is 0 Å². The zero-order valence-electron chi connectivity index (χ0n) is 14.1. The molecule has 26 heavy (non-hydrogen) atoms. The lowest BCUT2D eigenvalue weighted by Gasteiger charge is -2.27. The highest BCUT2D eigenvalue weighted by molar-refractivity contribution is 7.89. The number of halogens is 1. The van der Waals surface area contributed by atoms with Crippen molar-refractivity contribution in [3.63, 3.8) is 0 Å². The maximum absolute atomic E-state index is 12.5. The van der Waals surface area contributed by atoms with Gasteiger partial charge in [0.1, 0.15) is 0 Å². The van der Waals surface area contributed by atoms with Crippen molar-refractivity contribution in [2.45, 2.75) is 11.4 Å². The molecule has 0 unspecified atom stereocenters. The Morgan fingerprint density at radius 3 is 2.46 bits per heavy atom. The summed E-state index contributed by atoms with van der Waals surface area (Å²) in [6, 6.07) is 15.4. The van der Waals surface area contributed by atoms with E-state index in [1.807, 2.05) is 30.3 Å². The molecule has 0 aromatic heterocycles. The van der Waals surface area contributed by atoms with Crippen LogP contribution in [-0.4, -0.2) is 34.0 Å². The summed E-state index contributed by atoms with van der Waals surface area (Å²) in [5, 5.41) is 5.99. The number of benzene rings is 2. The summed E-state index contributed by atoms with van der Waals surface area (Å²) in [7, 11) is -3.68. The second kappa shape index (κ2) is 9.14. The van der Waals surface area contributed by atoms with Gasteiger partial charge in [0, 0.05) is 37.7 Å². The summed E-state index contributed by atoms with van der Waals surface area (Å²) in [5.41, 5.74) is 1.21. The molecule has 140 valence electrons. The van der Waals surface area contributed by atoms with Crippen LogP contribution in [0.4, 0.5) is 0 Å². The Bertz CT molecular complexity index is 840. The minimum atomic E-state index is -3.68. The molecule has 2 aromatic carbocycles. The first-order valence-corrected chi connectivity index (χ1v) is 9.65. The molecule has 1 aliphatic rings. The third kappa shape index (κ3) is 5.28. The first kappa shape index (κ1) is 20.4. The van der Waals surface area contributed by atoms with Gasteiger partial charge in [-0.05, 0) is 23.8 Å². The van der Waals surface area contributed by atoms with Crippen LogP contribution < -0.4 is 15.4 Å². The molecule has 0 spiro atoms. The van der Waals surface area contributed by atoms with Crippen LogP contribution in [0.3, 0.4) is 0 Å². The molecule has 0 aliphatic carbocycles. The molecule has 2 aromatic rings. The van der Waals surface area contributed by atoms with Crippen molar-refractivity contribution in [3.05, 3.63) is 65.7 Å². The van der Waals surface area contributed by atoms with E-state index in [-0.39, 0.29) is 29.8 Å². The number of nitrogens with one attached hydrogen (secondary N) is 3. The molecule has 0 saturated carbocycles. The van der Waals surface area contributed by atoms with Crippen molar-refractivity contribution in [2.24, 2.45) is 5.92 Å². The van der Waals surface area contributed by atoms with E-state index in [1.54, 1.807) is 12.1 Å². The third-order valence-electron chi connectivity index (χ3n) is 4.13. The highest BCUT2D eigenvalue weighted by Gasteiger charge is 2.19. The number of hydrogen-bond acceptors (Lipinski definition) is 4. The molecular formula is C18H22ClN3O3S. The van der Waals surface area contributed by atoms with E-state index in [0.717, 1.165) is 18.7 Å². The fourth-order valence-corrected chi connectivity index (χ4v) is 3.56. The van der Waals surface area contributed by atoms with Gasteiger partial charge in [-0.1, -0.05) is 36.4 Å². The van der Waals surface area contributed by atoms with Gasteiger partial charge in [0.05, 0.1) is 4.90 Å². The predicted octanol–water partition coefficient (Wildman–Crippen LogP) is 1.54. The maximum Gasteiger partial charge on any atom is 0.251 e. The molecule has 8 heteroatoms. The molecule has 0 atom stereocenters. The monoisotopic (exact) mass is 395 g/mol. The second-order valence-corrected chi connectivity index (χ2v) is 7.84. The van der Waals surface area contributed by atoms with Crippen molar-refractivity contribution >= 4 is 28.3 Å². The quantitative estimate of drug-likeness (QED) is 0.663. The maximum atomic E-state index is 12.5. The molecule has 0 bridgehead atoms. The van der Waals surface area contributed by atoms with Gasteiger partial charge in [0.2, 0.25) is 10.0 Å². The first-order valence-electron chi connectivity index (χ1n) is 8.17. The SMILES string of the molecule is Cl.O=C(NCC1CNC1)c1cccc(S(=O)(=O)NCc2ccccc2)c1. The molecule has 0 radical (unpaired) electrons. The van der Waals surface area contributed by atoms with Gasteiger partial charge in [-0.2, -0.15) is 0 Å². The van der Waals surface area contributed by atoms with Gasteiger partial charge in [0.25, 0.3) is 5.91 Å². The Labute approximate surface area is 159 Å². The summed E-state index contributed by atoms with van der Waals surface area (Å²) in [6.45, 7) is 2.60. The molecule has 1 heterocycles. The van der Waals surface area contributed by atoms with Crippen LogP contribution in [0.15, 0.2) is 59.5 Å². The smallest absolute Gasteiger partial charge is 0.251 e. The largest absolute Gasteiger partial charge is 0.352 e. The molecule has 3 rings (SSSR count). The van der Waals surface area contributed by atoms with Gasteiger partial charge in [-0.25, -0.2) is 13.1 Å². The van der Waals surface area contributed by atoms with Gasteiger partial charge in [0.15, 0.2) is 0 Å². The molecular weight excluding hydrogens is 374 g/mol. The van der Waals surface area contributed by atoms with E-state index in [0.29, 0.717) is 18.0 Å². The summed E-state index contributed by atoms with van der Waals surface area (Å²) in [4.78, 5) is 12.3. The highest BCUT2D eigenvalue weighted by Crippen LogP contribution is 2.13. The van der Waals surface area contributed by atoms with Gasteiger partial charge < -0.3 is 10.6 Å². The number of amides is 1. The van der Waals surface area contributed by atoms with Crippen LogP contribution in [0, 0.1) is 5.92 Å². The number of sulfonamides is 1. The summed E-state index contributed by atoms with van der Waals surface area (Å²) >= 11 is 0. The zero-order valence-corrected chi connectivity index (χ0v) is 15.8. The Morgan fingerprint density at radius 2 is 1.81 bits per heavy atom. The zero-order chi connectivity index (χ0) is 17.7. The van der Waals surface area contributed by atoms with Crippen molar-refractivity contribution in [1.82, 2.24) is 15.4 Å². The van der Waals surface area contributed by atoms with E-state index in [4.69, 9.17) is 0 Å². The van der Waals surface area contributed by atoms with Crippen molar-refractivity contribution in [1.29, 1.82) is 0 Å². The Kier molecular flexibility index (Phi) is 7.16. The minimum Gasteiger partial charge on any atom is -0.352 e. The topological polar surface area (TPSA) is 87.3 Å². The number of rotatable bonds is 7. The second-order valence-electron chi connectivity index (χ2n) is 6.07. The normalized spacial score (nSPS) is 14.2. The Balaban J connectivity index is 0.00000243. The highest BCUT2D eigenvalue weighted by atomic mass is 35.5. The van der Waals surface area contributed by atoms with Gasteiger partial charge in [-0.15, -0.1) is 12.4 Å². The Morgan fingerprint density at radius 1 is 1.08 bits per heavy atom. The van der Waals surface area contributed by atoms with E-state index in [1.165, 1.54) is 12.1 Å². The molecule has 3 N–H and O–H groups in total. The minimum absolute atomic E-state index is 0. The molecule has 1 saturated heterocycles. The van der Waals surface area contributed by atoms with Crippen molar-refractivity contribution in [2.75, 3.05) is 19.6 Å². The summed E-state index contributed by atoms with van der Waals surface area (Å²) in [5.74, 6) is 0.190. The van der Waals surface area contributed by atoms with E-state index in [9.17, 15) is 13.2 Å². The lowest BCUT2D eigenvalue weighted by molar-refractivity contribution is 0.0942. The standard InChI is InChI=1S/C18H21N3O3S.ClH/c22-18(20-12-15-10-19-11-15)16-7-4-8-17(9-16)25(23,24)21-13-14-5-2-1-3-6-14;/h1-9,15,19,21H,10-13H2,(H,20,22);1H. The fourth-order valence-electron chi connectivity index (χ4n) is 2.49. The van der Waals surface area contributed by atoms with Crippen molar-refractivity contribution in [3.8, 4) is 0 Å². The average molecular weight is 396 g/mol. The number of carbonyl (C=O) groups is 1. The van der Waals surface area contributed by atoms with Crippen LogP contribution in [0.1, 0.15) is 15.9 Å². The molecule has 1 fully saturated rings. The average Bonchev–Trinajstić information content (AvgIpc) is 2.60. The summed E-state index contributed by atoms with van der Waals surface area (Å²) < 4.78 is 27.5. The molecule has 1 amide bonds.